The minimum atomic E-state index is -1.09. The number of benzene rings is 1. The van der Waals surface area contributed by atoms with Gasteiger partial charge in [0.25, 0.3) is 0 Å². The zero-order valence-corrected chi connectivity index (χ0v) is 12.4. The van der Waals surface area contributed by atoms with E-state index < -0.39 is 23.8 Å². The molecule has 0 saturated heterocycles. The second-order valence-corrected chi connectivity index (χ2v) is 5.79. The van der Waals surface area contributed by atoms with Crippen LogP contribution in [-0.2, 0) is 9.59 Å². The Morgan fingerprint density at radius 2 is 2.09 bits per heavy atom. The number of hydrogen-bond donors (Lipinski definition) is 2. The summed E-state index contributed by atoms with van der Waals surface area (Å²) in [4.78, 5) is 24.8. The van der Waals surface area contributed by atoms with Crippen LogP contribution in [0.5, 0.6) is 0 Å². The maximum atomic E-state index is 13.2. The van der Waals surface area contributed by atoms with Crippen LogP contribution in [-0.4, -0.2) is 39.6 Å². The molecular formula is C16H20FNO4. The van der Waals surface area contributed by atoms with Gasteiger partial charge in [0, 0.05) is 12.6 Å². The highest BCUT2D eigenvalue weighted by Gasteiger charge is 2.35. The highest BCUT2D eigenvalue weighted by molar-refractivity contribution is 5.78. The Balaban J connectivity index is 2.00. The van der Waals surface area contributed by atoms with Gasteiger partial charge in [0.15, 0.2) is 0 Å². The first-order valence-electron chi connectivity index (χ1n) is 7.34. The predicted octanol–water partition coefficient (Wildman–Crippen LogP) is 1.96. The number of aliphatic hydroxyl groups excluding tert-OH is 1. The van der Waals surface area contributed by atoms with Crippen molar-refractivity contribution in [3.8, 4) is 0 Å². The van der Waals surface area contributed by atoms with Gasteiger partial charge >= 0.3 is 5.97 Å². The summed E-state index contributed by atoms with van der Waals surface area (Å²) >= 11 is 0. The van der Waals surface area contributed by atoms with Gasteiger partial charge in [-0.05, 0) is 30.5 Å². The summed E-state index contributed by atoms with van der Waals surface area (Å²) in [5.74, 6) is -2.38. The van der Waals surface area contributed by atoms with Gasteiger partial charge in [-0.1, -0.05) is 19.1 Å². The smallest absolute Gasteiger partial charge is 0.308 e. The van der Waals surface area contributed by atoms with Crippen LogP contribution in [0.1, 0.15) is 37.9 Å². The molecule has 2 N–H and O–H groups in total. The molecule has 1 fully saturated rings. The number of amides is 1. The lowest BCUT2D eigenvalue weighted by atomic mass is 10.1. The van der Waals surface area contributed by atoms with Gasteiger partial charge < -0.3 is 15.1 Å². The van der Waals surface area contributed by atoms with Crippen molar-refractivity contribution < 1.29 is 24.2 Å². The van der Waals surface area contributed by atoms with E-state index in [0.29, 0.717) is 5.56 Å². The monoisotopic (exact) mass is 309 g/mol. The molecule has 0 heterocycles. The number of carboxylic acids is 1. The zero-order chi connectivity index (χ0) is 16.3. The van der Waals surface area contributed by atoms with Crippen molar-refractivity contribution in [1.82, 2.24) is 4.90 Å². The van der Waals surface area contributed by atoms with Gasteiger partial charge in [-0.15, -0.1) is 0 Å². The third-order valence-corrected chi connectivity index (χ3v) is 3.80. The summed E-state index contributed by atoms with van der Waals surface area (Å²) in [7, 11) is 0. The number of rotatable bonds is 7. The molecule has 2 atom stereocenters. The van der Waals surface area contributed by atoms with Crippen LogP contribution >= 0.6 is 0 Å². The molecule has 6 heteroatoms. The van der Waals surface area contributed by atoms with Crippen molar-refractivity contribution in [3.63, 3.8) is 0 Å². The molecule has 1 aliphatic carbocycles. The topological polar surface area (TPSA) is 77.8 Å². The van der Waals surface area contributed by atoms with Crippen LogP contribution in [0, 0.1) is 11.7 Å². The van der Waals surface area contributed by atoms with Crippen LogP contribution in [0.3, 0.4) is 0 Å². The Kier molecular flexibility index (Phi) is 5.13. The van der Waals surface area contributed by atoms with Crippen molar-refractivity contribution in [2.75, 3.05) is 6.54 Å². The quantitative estimate of drug-likeness (QED) is 0.807. The van der Waals surface area contributed by atoms with Crippen molar-refractivity contribution in [1.29, 1.82) is 0 Å². The van der Waals surface area contributed by atoms with Gasteiger partial charge in [-0.25, -0.2) is 4.39 Å². The number of nitrogens with zero attached hydrogens (tertiary/aromatic N) is 1. The lowest BCUT2D eigenvalue weighted by Crippen LogP contribution is -2.39. The normalized spacial score (nSPS) is 16.9. The van der Waals surface area contributed by atoms with E-state index in [4.69, 9.17) is 5.11 Å². The molecular weight excluding hydrogens is 289 g/mol. The number of carboxylic acid groups (broad SMARTS) is 1. The van der Waals surface area contributed by atoms with Crippen LogP contribution in [0.4, 0.5) is 4.39 Å². The van der Waals surface area contributed by atoms with E-state index in [2.05, 4.69) is 0 Å². The lowest BCUT2D eigenvalue weighted by molar-refractivity contribution is -0.143. The molecule has 0 radical (unpaired) electrons. The molecule has 1 aliphatic rings. The van der Waals surface area contributed by atoms with Gasteiger partial charge in [-0.3, -0.25) is 9.59 Å². The van der Waals surface area contributed by atoms with Gasteiger partial charge in [0.2, 0.25) is 5.91 Å². The van der Waals surface area contributed by atoms with Gasteiger partial charge in [0.05, 0.1) is 18.4 Å². The second kappa shape index (κ2) is 6.87. The van der Waals surface area contributed by atoms with E-state index >= 15 is 0 Å². The van der Waals surface area contributed by atoms with E-state index in [1.165, 1.54) is 23.1 Å². The van der Waals surface area contributed by atoms with Crippen molar-refractivity contribution in [2.24, 2.45) is 5.92 Å². The first-order chi connectivity index (χ1) is 10.4. The summed E-state index contributed by atoms with van der Waals surface area (Å²) in [6, 6.07) is 5.56. The fourth-order valence-electron chi connectivity index (χ4n) is 2.33. The average Bonchev–Trinajstić information content (AvgIpc) is 3.28. The van der Waals surface area contributed by atoms with Gasteiger partial charge in [-0.2, -0.15) is 0 Å². The van der Waals surface area contributed by atoms with E-state index in [9.17, 15) is 19.1 Å². The third-order valence-electron chi connectivity index (χ3n) is 3.80. The van der Waals surface area contributed by atoms with Crippen LogP contribution in [0.15, 0.2) is 24.3 Å². The first kappa shape index (κ1) is 16.4. The standard InChI is InChI=1S/C16H20FNO4/c1-10(16(21)22)9-18(13-5-6-13)15(20)8-14(19)11-3-2-4-12(17)7-11/h2-4,7,10,13-14,19H,5-6,8-9H2,1H3,(H,21,22). The Morgan fingerprint density at radius 1 is 1.41 bits per heavy atom. The molecule has 1 saturated carbocycles. The Labute approximate surface area is 128 Å². The molecule has 0 aliphatic heterocycles. The summed E-state index contributed by atoms with van der Waals surface area (Å²) in [5, 5.41) is 19.1. The number of aliphatic carboxylic acids is 1. The van der Waals surface area contributed by atoms with E-state index in [0.717, 1.165) is 12.8 Å². The van der Waals surface area contributed by atoms with Gasteiger partial charge in [0.1, 0.15) is 5.82 Å². The summed E-state index contributed by atoms with van der Waals surface area (Å²) in [6.07, 6.45) is 0.443. The number of carbonyl (C=O) groups excluding carboxylic acids is 1. The Bertz CT molecular complexity index is 559. The van der Waals surface area contributed by atoms with Crippen LogP contribution in [0.2, 0.25) is 0 Å². The minimum Gasteiger partial charge on any atom is -0.481 e. The molecule has 0 spiro atoms. The van der Waals surface area contributed by atoms with Crippen LogP contribution < -0.4 is 0 Å². The molecule has 1 aromatic rings. The van der Waals surface area contributed by atoms with E-state index in [1.807, 2.05) is 0 Å². The largest absolute Gasteiger partial charge is 0.481 e. The zero-order valence-electron chi connectivity index (χ0n) is 12.4. The number of aliphatic hydroxyl groups is 1. The van der Waals surface area contributed by atoms with Crippen molar-refractivity contribution in [2.45, 2.75) is 38.3 Å². The molecule has 2 rings (SSSR count). The fraction of sp³-hybridized carbons (Fsp3) is 0.500. The molecule has 120 valence electrons. The molecule has 5 nitrogen and oxygen atoms in total. The number of hydrogen-bond acceptors (Lipinski definition) is 3. The third kappa shape index (κ3) is 4.27. The van der Waals surface area contributed by atoms with Crippen molar-refractivity contribution >= 4 is 11.9 Å². The first-order valence-corrected chi connectivity index (χ1v) is 7.34. The molecule has 22 heavy (non-hydrogen) atoms. The maximum Gasteiger partial charge on any atom is 0.308 e. The SMILES string of the molecule is CC(CN(C(=O)CC(O)c1cccc(F)c1)C1CC1)C(=O)O. The maximum absolute atomic E-state index is 13.2. The van der Waals surface area contributed by atoms with E-state index in [-0.39, 0.29) is 24.9 Å². The summed E-state index contributed by atoms with van der Waals surface area (Å²) in [6.45, 7) is 1.68. The number of halogens is 1. The summed E-state index contributed by atoms with van der Waals surface area (Å²) in [5.41, 5.74) is 0.343. The Morgan fingerprint density at radius 3 is 2.64 bits per heavy atom. The highest BCUT2D eigenvalue weighted by Crippen LogP contribution is 2.29. The minimum absolute atomic E-state index is 0.0639. The molecule has 2 unspecified atom stereocenters. The second-order valence-electron chi connectivity index (χ2n) is 5.79. The highest BCUT2D eigenvalue weighted by atomic mass is 19.1. The van der Waals surface area contributed by atoms with Crippen LogP contribution in [0.25, 0.3) is 0 Å². The lowest BCUT2D eigenvalue weighted by Gasteiger charge is -2.25. The molecule has 1 aromatic carbocycles. The average molecular weight is 309 g/mol. The molecule has 0 bridgehead atoms. The summed E-state index contributed by atoms with van der Waals surface area (Å²) < 4.78 is 13.2. The number of carbonyl (C=O) groups is 2. The van der Waals surface area contributed by atoms with E-state index in [1.54, 1.807) is 13.0 Å². The Hall–Kier alpha value is -1.95. The fourth-order valence-corrected chi connectivity index (χ4v) is 2.33. The van der Waals surface area contributed by atoms with Crippen molar-refractivity contribution in [3.05, 3.63) is 35.6 Å². The molecule has 0 aromatic heterocycles. The predicted molar refractivity (Wildman–Crippen MR) is 77.5 cm³/mol. The molecule has 1 amide bonds.